The Labute approximate surface area is 148 Å². The summed E-state index contributed by atoms with van der Waals surface area (Å²) in [5.74, 6) is -3.24. The zero-order valence-corrected chi connectivity index (χ0v) is 13.8. The maximum Gasteiger partial charge on any atom is 0.255 e. The van der Waals surface area contributed by atoms with Crippen molar-refractivity contribution >= 4 is 17.5 Å². The van der Waals surface area contributed by atoms with Crippen LogP contribution in [0.15, 0.2) is 47.4 Å². The minimum Gasteiger partial charge on any atom is -0.392 e. The van der Waals surface area contributed by atoms with Gasteiger partial charge in [0.05, 0.1) is 23.4 Å². The summed E-state index contributed by atoms with van der Waals surface area (Å²) in [7, 11) is 0. The first-order chi connectivity index (χ1) is 12.4. The van der Waals surface area contributed by atoms with Gasteiger partial charge >= 0.3 is 0 Å². The highest BCUT2D eigenvalue weighted by Crippen LogP contribution is 2.32. The number of aliphatic hydroxyl groups excluding tert-OH is 1. The van der Waals surface area contributed by atoms with Crippen LogP contribution in [0.25, 0.3) is 5.69 Å². The fraction of sp³-hybridized carbons (Fsp3) is 0.278. The molecule has 1 fully saturated rings. The molecule has 1 aromatic heterocycles. The first-order valence-electron chi connectivity index (χ1n) is 8.12. The van der Waals surface area contributed by atoms with E-state index in [1.807, 2.05) is 0 Å². The summed E-state index contributed by atoms with van der Waals surface area (Å²) in [5, 5.41) is 12.3. The molecule has 0 aliphatic heterocycles. The van der Waals surface area contributed by atoms with E-state index < -0.39 is 35.6 Å². The van der Waals surface area contributed by atoms with Gasteiger partial charge in [-0.25, -0.2) is 4.39 Å². The molecular formula is C18H18FN3O4. The van der Waals surface area contributed by atoms with Crippen molar-refractivity contribution in [3.8, 4) is 5.69 Å². The third-order valence-electron chi connectivity index (χ3n) is 4.58. The van der Waals surface area contributed by atoms with Gasteiger partial charge in [0.25, 0.3) is 5.56 Å². The number of nitrogens with zero attached hydrogens (tertiary/aromatic N) is 1. The van der Waals surface area contributed by atoms with Gasteiger partial charge in [0.1, 0.15) is 5.82 Å². The molecule has 136 valence electrons. The smallest absolute Gasteiger partial charge is 0.255 e. The van der Waals surface area contributed by atoms with Crippen LogP contribution in [0.3, 0.4) is 0 Å². The number of rotatable bonds is 4. The molecule has 1 saturated carbocycles. The Morgan fingerprint density at radius 2 is 2.00 bits per heavy atom. The number of amides is 2. The van der Waals surface area contributed by atoms with Crippen LogP contribution in [0.4, 0.5) is 10.1 Å². The molecule has 0 spiro atoms. The minimum absolute atomic E-state index is 0.0419. The molecule has 2 aromatic rings. The van der Waals surface area contributed by atoms with E-state index >= 15 is 0 Å². The summed E-state index contributed by atoms with van der Waals surface area (Å²) in [6.07, 6.45) is 0.764. The molecule has 4 N–H and O–H groups in total. The number of benzene rings is 1. The van der Waals surface area contributed by atoms with Gasteiger partial charge in [-0.1, -0.05) is 6.07 Å². The average Bonchev–Trinajstić information content (AvgIpc) is 2.99. The third kappa shape index (κ3) is 3.50. The van der Waals surface area contributed by atoms with E-state index in [0.29, 0.717) is 5.69 Å². The highest BCUT2D eigenvalue weighted by Gasteiger charge is 2.40. The maximum atomic E-state index is 14.3. The second-order valence-corrected chi connectivity index (χ2v) is 6.31. The number of primary amides is 1. The van der Waals surface area contributed by atoms with E-state index in [9.17, 15) is 23.9 Å². The summed E-state index contributed by atoms with van der Waals surface area (Å²) in [4.78, 5) is 35.3. The van der Waals surface area contributed by atoms with Crippen LogP contribution in [0.5, 0.6) is 0 Å². The molecule has 0 bridgehead atoms. The van der Waals surface area contributed by atoms with Crippen molar-refractivity contribution in [3.05, 3.63) is 58.8 Å². The van der Waals surface area contributed by atoms with Crippen molar-refractivity contribution < 1.29 is 19.1 Å². The number of aliphatic hydroxyl groups is 1. The Morgan fingerprint density at radius 3 is 2.62 bits per heavy atom. The monoisotopic (exact) mass is 359 g/mol. The number of hydrogen-bond acceptors (Lipinski definition) is 4. The van der Waals surface area contributed by atoms with Gasteiger partial charge in [-0.3, -0.25) is 19.0 Å². The summed E-state index contributed by atoms with van der Waals surface area (Å²) < 4.78 is 15.6. The molecule has 2 amide bonds. The van der Waals surface area contributed by atoms with E-state index in [1.54, 1.807) is 12.1 Å². The number of anilines is 1. The second-order valence-electron chi connectivity index (χ2n) is 6.31. The molecule has 7 nitrogen and oxygen atoms in total. The Balaban J connectivity index is 1.75. The highest BCUT2D eigenvalue weighted by molar-refractivity contribution is 5.93. The normalized spacial score (nSPS) is 22.2. The van der Waals surface area contributed by atoms with Crippen LogP contribution < -0.4 is 16.6 Å². The molecule has 1 aliphatic rings. The van der Waals surface area contributed by atoms with Gasteiger partial charge in [-0.05, 0) is 31.0 Å². The number of nitrogens with two attached hydrogens (primary N) is 1. The quantitative estimate of drug-likeness (QED) is 0.748. The zero-order chi connectivity index (χ0) is 18.8. The Hall–Kier alpha value is -3.00. The molecule has 26 heavy (non-hydrogen) atoms. The molecule has 8 heteroatoms. The minimum atomic E-state index is -0.972. The van der Waals surface area contributed by atoms with Crippen LogP contribution in [-0.2, 0) is 9.59 Å². The number of nitrogens with one attached hydrogen (secondary N) is 1. The molecule has 0 saturated heterocycles. The highest BCUT2D eigenvalue weighted by atomic mass is 19.1. The largest absolute Gasteiger partial charge is 0.392 e. The van der Waals surface area contributed by atoms with Gasteiger partial charge < -0.3 is 16.2 Å². The van der Waals surface area contributed by atoms with E-state index in [-0.39, 0.29) is 24.1 Å². The summed E-state index contributed by atoms with van der Waals surface area (Å²) in [6, 6.07) is 8.60. The first-order valence-corrected chi connectivity index (χ1v) is 8.12. The van der Waals surface area contributed by atoms with Gasteiger partial charge in [0, 0.05) is 24.2 Å². The summed E-state index contributed by atoms with van der Waals surface area (Å²) in [6.45, 7) is 0. The first kappa shape index (κ1) is 17.8. The molecule has 3 atom stereocenters. The second kappa shape index (κ2) is 7.09. The van der Waals surface area contributed by atoms with E-state index in [0.717, 1.165) is 6.07 Å². The molecule has 1 aliphatic carbocycles. The number of pyridine rings is 1. The average molecular weight is 359 g/mol. The van der Waals surface area contributed by atoms with Crippen LogP contribution >= 0.6 is 0 Å². The van der Waals surface area contributed by atoms with Crippen LogP contribution in [-0.4, -0.2) is 27.6 Å². The predicted octanol–water partition coefficient (Wildman–Crippen LogP) is 0.787. The van der Waals surface area contributed by atoms with Gasteiger partial charge in [0.15, 0.2) is 0 Å². The van der Waals surface area contributed by atoms with Crippen LogP contribution in [0.2, 0.25) is 0 Å². The van der Waals surface area contributed by atoms with Crippen LogP contribution in [0.1, 0.15) is 12.8 Å². The lowest BCUT2D eigenvalue weighted by molar-refractivity contribution is -0.124. The van der Waals surface area contributed by atoms with Gasteiger partial charge in [0.2, 0.25) is 11.8 Å². The predicted molar refractivity (Wildman–Crippen MR) is 92.0 cm³/mol. The number of carbonyl (C=O) groups is 2. The van der Waals surface area contributed by atoms with E-state index in [2.05, 4.69) is 5.32 Å². The molecule has 3 rings (SSSR count). The number of halogens is 1. The third-order valence-corrected chi connectivity index (χ3v) is 4.58. The fourth-order valence-electron chi connectivity index (χ4n) is 3.17. The SMILES string of the molecule is NC(=O)[C@@H]1C[C@H](C(=O)Nc2ccc(-n3ccccc3=O)cc2F)C[C@@H]1O. The Bertz CT molecular complexity index is 911. The zero-order valence-electron chi connectivity index (χ0n) is 13.8. The van der Waals surface area contributed by atoms with Crippen molar-refractivity contribution in [1.29, 1.82) is 0 Å². The van der Waals surface area contributed by atoms with E-state index in [4.69, 9.17) is 5.73 Å². The standard InChI is InChI=1S/C18H18FN3O4/c19-13-9-11(22-6-2-1-3-16(22)24)4-5-14(13)21-18(26)10-7-12(17(20)25)15(23)8-10/h1-6,9-10,12,15,23H,7-8H2,(H2,20,25)(H,21,26)/t10-,12+,15-/m0/s1. The fourth-order valence-corrected chi connectivity index (χ4v) is 3.17. The Kier molecular flexibility index (Phi) is 4.85. The van der Waals surface area contributed by atoms with Crippen molar-refractivity contribution in [3.63, 3.8) is 0 Å². The lowest BCUT2D eigenvalue weighted by Gasteiger charge is -2.12. The molecule has 0 unspecified atom stereocenters. The van der Waals surface area contributed by atoms with Crippen molar-refractivity contribution in [2.75, 3.05) is 5.32 Å². The summed E-state index contributed by atoms with van der Waals surface area (Å²) >= 11 is 0. The lowest BCUT2D eigenvalue weighted by atomic mass is 10.0. The molecule has 1 heterocycles. The van der Waals surface area contributed by atoms with Crippen molar-refractivity contribution in [1.82, 2.24) is 4.57 Å². The van der Waals surface area contributed by atoms with Gasteiger partial charge in [-0.15, -0.1) is 0 Å². The number of aromatic nitrogens is 1. The Morgan fingerprint density at radius 1 is 1.23 bits per heavy atom. The lowest BCUT2D eigenvalue weighted by Crippen LogP contribution is -2.29. The topological polar surface area (TPSA) is 114 Å². The van der Waals surface area contributed by atoms with E-state index in [1.165, 1.54) is 29.0 Å². The number of carbonyl (C=O) groups excluding carboxylic acids is 2. The van der Waals surface area contributed by atoms with Crippen molar-refractivity contribution in [2.45, 2.75) is 18.9 Å². The number of hydrogen-bond donors (Lipinski definition) is 3. The van der Waals surface area contributed by atoms with Gasteiger partial charge in [-0.2, -0.15) is 0 Å². The van der Waals surface area contributed by atoms with Crippen LogP contribution in [0, 0.1) is 17.7 Å². The van der Waals surface area contributed by atoms with Crippen molar-refractivity contribution in [2.24, 2.45) is 17.6 Å². The molecular weight excluding hydrogens is 341 g/mol. The molecule has 0 radical (unpaired) electrons. The molecule has 1 aromatic carbocycles. The summed E-state index contributed by atoms with van der Waals surface area (Å²) in [5.41, 5.74) is 5.18. The maximum absolute atomic E-state index is 14.3.